The maximum absolute atomic E-state index is 13.6. The van der Waals surface area contributed by atoms with E-state index in [4.69, 9.17) is 0 Å². The number of ketones is 1. The van der Waals surface area contributed by atoms with Crippen LogP contribution in [0.15, 0.2) is 24.3 Å². The van der Waals surface area contributed by atoms with Crippen LogP contribution in [0.3, 0.4) is 0 Å². The summed E-state index contributed by atoms with van der Waals surface area (Å²) >= 11 is 0. The minimum absolute atomic E-state index is 0.126. The summed E-state index contributed by atoms with van der Waals surface area (Å²) in [6, 6.07) is 7.74. The fraction of sp³-hybridized carbons (Fsp3) is 0.588. The molecule has 2 atom stereocenters. The Balaban J connectivity index is 1.68. The van der Waals surface area contributed by atoms with E-state index in [1.807, 2.05) is 0 Å². The standard InChI is InChI=1S/C17H22FNO/c1-19-14-6-4-7-15(19)10-13(9-14)17(20)11-12-5-2-3-8-16(12)18/h2-3,5,8,13-15H,4,6-7,9-11H2,1H3. The van der Waals surface area contributed by atoms with Crippen LogP contribution in [0.4, 0.5) is 4.39 Å². The van der Waals surface area contributed by atoms with E-state index in [0.717, 1.165) is 12.8 Å². The van der Waals surface area contributed by atoms with Crippen molar-refractivity contribution in [3.05, 3.63) is 35.6 Å². The fourth-order valence-corrected chi connectivity index (χ4v) is 3.85. The number of nitrogens with zero attached hydrogens (tertiary/aromatic N) is 1. The van der Waals surface area contributed by atoms with Gasteiger partial charge in [0.2, 0.25) is 0 Å². The van der Waals surface area contributed by atoms with Gasteiger partial charge >= 0.3 is 0 Å². The van der Waals surface area contributed by atoms with Crippen molar-refractivity contribution in [1.29, 1.82) is 0 Å². The van der Waals surface area contributed by atoms with Crippen molar-refractivity contribution in [3.63, 3.8) is 0 Å². The molecule has 2 unspecified atom stereocenters. The molecule has 2 fully saturated rings. The minimum atomic E-state index is -0.256. The van der Waals surface area contributed by atoms with Gasteiger partial charge in [-0.3, -0.25) is 4.79 Å². The third-order valence-corrected chi connectivity index (χ3v) is 5.12. The number of Topliss-reactive ketones (excluding diaryl/α,β-unsaturated/α-hetero) is 1. The normalized spacial score (nSPS) is 30.2. The number of rotatable bonds is 3. The number of halogens is 1. The number of fused-ring (bicyclic) bond motifs is 2. The van der Waals surface area contributed by atoms with E-state index in [9.17, 15) is 9.18 Å². The van der Waals surface area contributed by atoms with Crippen LogP contribution in [-0.2, 0) is 11.2 Å². The summed E-state index contributed by atoms with van der Waals surface area (Å²) in [5.41, 5.74) is 0.543. The quantitative estimate of drug-likeness (QED) is 0.844. The van der Waals surface area contributed by atoms with E-state index in [2.05, 4.69) is 11.9 Å². The van der Waals surface area contributed by atoms with Crippen LogP contribution in [-0.4, -0.2) is 29.8 Å². The van der Waals surface area contributed by atoms with Gasteiger partial charge in [-0.15, -0.1) is 0 Å². The summed E-state index contributed by atoms with van der Waals surface area (Å²) in [6.45, 7) is 0. The molecule has 108 valence electrons. The Bertz CT molecular complexity index is 488. The largest absolute Gasteiger partial charge is 0.300 e. The lowest BCUT2D eigenvalue weighted by Gasteiger charge is -2.46. The number of piperidine rings is 2. The summed E-state index contributed by atoms with van der Waals surface area (Å²) in [5, 5.41) is 0. The molecule has 20 heavy (non-hydrogen) atoms. The second kappa shape index (κ2) is 5.65. The molecule has 2 heterocycles. The molecular formula is C17H22FNO. The fourth-order valence-electron chi connectivity index (χ4n) is 3.85. The van der Waals surface area contributed by atoms with Crippen molar-refractivity contribution in [2.24, 2.45) is 5.92 Å². The van der Waals surface area contributed by atoms with Crippen LogP contribution in [0.25, 0.3) is 0 Å². The highest BCUT2D eigenvalue weighted by Crippen LogP contribution is 2.36. The topological polar surface area (TPSA) is 20.3 Å². The number of carbonyl (C=O) groups is 1. The first kappa shape index (κ1) is 13.7. The van der Waals surface area contributed by atoms with Gasteiger partial charge in [-0.2, -0.15) is 0 Å². The molecule has 1 aromatic carbocycles. The van der Waals surface area contributed by atoms with Crippen LogP contribution >= 0.6 is 0 Å². The molecule has 2 bridgehead atoms. The summed E-state index contributed by atoms with van der Waals surface area (Å²) in [6.07, 6.45) is 5.86. The second-order valence-corrected chi connectivity index (χ2v) is 6.31. The van der Waals surface area contributed by atoms with E-state index in [0.29, 0.717) is 17.6 Å². The zero-order valence-electron chi connectivity index (χ0n) is 12.0. The summed E-state index contributed by atoms with van der Waals surface area (Å²) in [7, 11) is 2.19. The van der Waals surface area contributed by atoms with Crippen LogP contribution in [0.1, 0.15) is 37.7 Å². The predicted octanol–water partition coefficient (Wildman–Crippen LogP) is 3.20. The van der Waals surface area contributed by atoms with Crippen molar-refractivity contribution in [1.82, 2.24) is 4.90 Å². The third kappa shape index (κ3) is 2.64. The number of benzene rings is 1. The molecule has 0 spiro atoms. The lowest BCUT2D eigenvalue weighted by atomic mass is 9.76. The molecule has 2 saturated heterocycles. The molecule has 0 saturated carbocycles. The lowest BCUT2D eigenvalue weighted by Crippen LogP contribution is -2.51. The van der Waals surface area contributed by atoms with Crippen molar-refractivity contribution in [2.45, 2.75) is 50.6 Å². The maximum atomic E-state index is 13.6. The van der Waals surface area contributed by atoms with Gasteiger partial charge in [0.25, 0.3) is 0 Å². The Labute approximate surface area is 120 Å². The van der Waals surface area contributed by atoms with Gasteiger partial charge in [0.15, 0.2) is 0 Å². The van der Waals surface area contributed by atoms with Crippen molar-refractivity contribution in [2.75, 3.05) is 7.05 Å². The van der Waals surface area contributed by atoms with E-state index < -0.39 is 0 Å². The zero-order chi connectivity index (χ0) is 14.1. The van der Waals surface area contributed by atoms with Crippen LogP contribution in [0, 0.1) is 11.7 Å². The lowest BCUT2D eigenvalue weighted by molar-refractivity contribution is -0.126. The Hall–Kier alpha value is -1.22. The average molecular weight is 275 g/mol. The molecular weight excluding hydrogens is 253 g/mol. The molecule has 1 aromatic rings. The van der Waals surface area contributed by atoms with Crippen molar-refractivity contribution in [3.8, 4) is 0 Å². The molecule has 0 radical (unpaired) electrons. The second-order valence-electron chi connectivity index (χ2n) is 6.31. The van der Waals surface area contributed by atoms with E-state index >= 15 is 0 Å². The minimum Gasteiger partial charge on any atom is -0.300 e. The van der Waals surface area contributed by atoms with Crippen molar-refractivity contribution < 1.29 is 9.18 Å². The van der Waals surface area contributed by atoms with Crippen LogP contribution in [0.5, 0.6) is 0 Å². The Morgan fingerprint density at radius 1 is 1.25 bits per heavy atom. The highest BCUT2D eigenvalue weighted by atomic mass is 19.1. The molecule has 3 rings (SSSR count). The smallest absolute Gasteiger partial charge is 0.140 e. The molecule has 2 aliphatic heterocycles. The van der Waals surface area contributed by atoms with Crippen LogP contribution in [0.2, 0.25) is 0 Å². The van der Waals surface area contributed by atoms with E-state index in [-0.39, 0.29) is 23.9 Å². The van der Waals surface area contributed by atoms with E-state index in [1.165, 1.54) is 25.3 Å². The molecule has 0 N–H and O–H groups in total. The molecule has 0 aromatic heterocycles. The SMILES string of the molecule is CN1C2CCCC1CC(C(=O)Cc1ccccc1F)C2. The zero-order valence-corrected chi connectivity index (χ0v) is 12.0. The number of carbonyl (C=O) groups excluding carboxylic acids is 1. The van der Waals surface area contributed by atoms with Gasteiger partial charge in [0.1, 0.15) is 11.6 Å². The van der Waals surface area contributed by atoms with Gasteiger partial charge in [-0.1, -0.05) is 24.6 Å². The summed E-state index contributed by atoms with van der Waals surface area (Å²) in [4.78, 5) is 14.9. The summed E-state index contributed by atoms with van der Waals surface area (Å²) in [5.74, 6) is 0.0928. The Morgan fingerprint density at radius 3 is 2.55 bits per heavy atom. The number of hydrogen-bond donors (Lipinski definition) is 0. The van der Waals surface area contributed by atoms with Gasteiger partial charge in [-0.05, 0) is 44.4 Å². The first-order valence-electron chi connectivity index (χ1n) is 7.63. The van der Waals surface area contributed by atoms with Crippen LogP contribution < -0.4 is 0 Å². The highest BCUT2D eigenvalue weighted by molar-refractivity contribution is 5.83. The Kier molecular flexibility index (Phi) is 3.88. The predicted molar refractivity (Wildman–Crippen MR) is 77.0 cm³/mol. The van der Waals surface area contributed by atoms with Gasteiger partial charge < -0.3 is 4.90 Å². The molecule has 2 nitrogen and oxygen atoms in total. The molecule has 2 aliphatic rings. The molecule has 3 heteroatoms. The highest BCUT2D eigenvalue weighted by Gasteiger charge is 2.38. The van der Waals surface area contributed by atoms with Gasteiger partial charge in [0.05, 0.1) is 0 Å². The van der Waals surface area contributed by atoms with Crippen molar-refractivity contribution >= 4 is 5.78 Å². The van der Waals surface area contributed by atoms with Gasteiger partial charge in [0, 0.05) is 24.4 Å². The van der Waals surface area contributed by atoms with Gasteiger partial charge in [-0.25, -0.2) is 4.39 Å². The third-order valence-electron chi connectivity index (χ3n) is 5.12. The maximum Gasteiger partial charge on any atom is 0.140 e. The monoisotopic (exact) mass is 275 g/mol. The molecule has 0 aliphatic carbocycles. The average Bonchev–Trinajstić information content (AvgIpc) is 2.41. The van der Waals surface area contributed by atoms with E-state index in [1.54, 1.807) is 18.2 Å². The Morgan fingerprint density at radius 2 is 1.90 bits per heavy atom. The number of hydrogen-bond acceptors (Lipinski definition) is 2. The molecule has 0 amide bonds. The summed E-state index contributed by atoms with van der Waals surface area (Å²) < 4.78 is 13.6. The first-order chi connectivity index (χ1) is 9.65. The first-order valence-corrected chi connectivity index (χ1v) is 7.63.